The van der Waals surface area contributed by atoms with Crippen LogP contribution in [0.15, 0.2) is 59.2 Å². The summed E-state index contributed by atoms with van der Waals surface area (Å²) >= 11 is 13.5. The van der Waals surface area contributed by atoms with E-state index in [1.165, 1.54) is 6.07 Å². The molecule has 0 bridgehead atoms. The Balaban J connectivity index is 0.00000289. The third kappa shape index (κ3) is 3.87. The van der Waals surface area contributed by atoms with E-state index >= 15 is 0 Å². The zero-order valence-corrected chi connectivity index (χ0v) is 26.2. The van der Waals surface area contributed by atoms with E-state index < -0.39 is 15.7 Å². The van der Waals surface area contributed by atoms with Gasteiger partial charge in [-0.25, -0.2) is 4.18 Å². The van der Waals surface area contributed by atoms with Gasteiger partial charge in [0.05, 0.1) is 17.9 Å². The van der Waals surface area contributed by atoms with Crippen LogP contribution in [0, 0.1) is 13.8 Å². The van der Waals surface area contributed by atoms with Crippen molar-refractivity contribution in [2.75, 3.05) is 0 Å². The van der Waals surface area contributed by atoms with Crippen LogP contribution in [0.3, 0.4) is 0 Å². The Morgan fingerprint density at radius 1 is 0.812 bits per heavy atom. The second-order valence-corrected chi connectivity index (χ2v) is 11.9. The Bertz CT molecular complexity index is 1310. The van der Waals surface area contributed by atoms with E-state index in [0.717, 1.165) is 0 Å². The van der Waals surface area contributed by atoms with Crippen LogP contribution in [-0.4, -0.2) is 48.2 Å². The molecule has 0 saturated heterocycles. The number of hydrogen-bond acceptors (Lipinski definition) is 5. The molecule has 2 N–H and O–H groups in total. The topological polar surface area (TPSA) is 83.8 Å². The van der Waals surface area contributed by atoms with Crippen LogP contribution in [0.2, 0.25) is 0 Å². The Labute approximate surface area is 241 Å². The summed E-state index contributed by atoms with van der Waals surface area (Å²) in [4.78, 5) is 0.0643. The summed E-state index contributed by atoms with van der Waals surface area (Å²) in [7, 11) is -4.10. The molecule has 3 aromatic rings. The molecule has 0 saturated carbocycles. The van der Waals surface area contributed by atoms with Crippen molar-refractivity contribution in [2.24, 2.45) is 0 Å². The molecule has 0 atom stereocenters. The minimum atomic E-state index is -4.10. The van der Waals surface area contributed by atoms with Crippen LogP contribution >= 0.6 is 63.7 Å². The summed E-state index contributed by atoms with van der Waals surface area (Å²) in [6, 6.07) is 9.91. The first-order chi connectivity index (χ1) is 14.4. The van der Waals surface area contributed by atoms with Crippen molar-refractivity contribution in [3.05, 3.63) is 82.1 Å². The number of rotatable bonds is 2. The first-order valence-electron chi connectivity index (χ1n) is 8.84. The number of aromatic hydroxyl groups is 2. The monoisotopic (exact) mass is 717 g/mol. The van der Waals surface area contributed by atoms with Crippen molar-refractivity contribution in [1.82, 2.24) is 0 Å². The minimum absolute atomic E-state index is 0. The van der Waals surface area contributed by atoms with E-state index in [4.69, 9.17) is 4.18 Å². The van der Waals surface area contributed by atoms with Gasteiger partial charge in [-0.1, -0.05) is 18.2 Å². The number of fused-ring (bicyclic) bond motifs is 1. The molecule has 11 heteroatoms. The van der Waals surface area contributed by atoms with Crippen LogP contribution in [0.5, 0.6) is 11.5 Å². The second-order valence-electron chi connectivity index (χ2n) is 7.10. The van der Waals surface area contributed by atoms with Crippen LogP contribution in [-0.2, 0) is 19.9 Å². The molecular weight excluding hydrogens is 707 g/mol. The van der Waals surface area contributed by atoms with Gasteiger partial charge in [-0.05, 0) is 118 Å². The maximum atomic E-state index is 13.1. The van der Waals surface area contributed by atoms with Gasteiger partial charge in [0.15, 0.2) is 5.60 Å². The number of hydrogen-bond donors (Lipinski definition) is 2. The van der Waals surface area contributed by atoms with Gasteiger partial charge in [-0.3, -0.25) is 0 Å². The average molecular weight is 721 g/mol. The predicted molar refractivity (Wildman–Crippen MR) is 137 cm³/mol. The molecule has 0 aromatic heterocycles. The summed E-state index contributed by atoms with van der Waals surface area (Å²) in [5, 5.41) is 20.8. The predicted octanol–water partition coefficient (Wildman–Crippen LogP) is 6.39. The molecular formula is C21H14Br4NaO5S. The van der Waals surface area contributed by atoms with Crippen LogP contribution in [0.25, 0.3) is 0 Å². The quantitative estimate of drug-likeness (QED) is 0.237. The van der Waals surface area contributed by atoms with Gasteiger partial charge < -0.3 is 10.2 Å². The van der Waals surface area contributed by atoms with Crippen molar-refractivity contribution in [2.45, 2.75) is 24.3 Å². The fourth-order valence-electron chi connectivity index (χ4n) is 3.89. The van der Waals surface area contributed by atoms with Gasteiger partial charge in [-0.2, -0.15) is 8.42 Å². The number of halogens is 4. The van der Waals surface area contributed by atoms with E-state index in [1.54, 1.807) is 44.2 Å². The maximum Gasteiger partial charge on any atom is 0.298 e. The van der Waals surface area contributed by atoms with E-state index in [1.807, 2.05) is 0 Å². The van der Waals surface area contributed by atoms with Gasteiger partial charge in [0, 0.05) is 35.1 Å². The molecule has 1 radical (unpaired) electrons. The van der Waals surface area contributed by atoms with Crippen molar-refractivity contribution in [1.29, 1.82) is 0 Å². The summed E-state index contributed by atoms with van der Waals surface area (Å²) in [6.07, 6.45) is 0. The fraction of sp³-hybridized carbons (Fsp3) is 0.143. The third-order valence-electron chi connectivity index (χ3n) is 5.41. The number of phenols is 2. The smallest absolute Gasteiger partial charge is 0.298 e. The van der Waals surface area contributed by atoms with Crippen molar-refractivity contribution < 1.29 is 22.8 Å². The molecule has 5 nitrogen and oxygen atoms in total. The molecule has 1 heterocycles. The van der Waals surface area contributed by atoms with E-state index in [-0.39, 0.29) is 46.0 Å². The SMILES string of the molecule is Cc1c(C2(c3cc(Br)c(O)c(Br)c3C)OS(=O)(=O)c3ccccc32)cc(Br)c(O)c1Br.[Na]. The van der Waals surface area contributed by atoms with Gasteiger partial charge >= 0.3 is 0 Å². The zero-order valence-electron chi connectivity index (χ0n) is 17.0. The van der Waals surface area contributed by atoms with Crippen molar-refractivity contribution in [3.63, 3.8) is 0 Å². The van der Waals surface area contributed by atoms with E-state index in [9.17, 15) is 18.6 Å². The molecule has 0 amide bonds. The molecule has 0 fully saturated rings. The van der Waals surface area contributed by atoms with Gasteiger partial charge in [0.1, 0.15) is 16.4 Å². The Morgan fingerprint density at radius 3 is 1.72 bits per heavy atom. The summed E-state index contributed by atoms with van der Waals surface area (Å²) < 4.78 is 33.8. The van der Waals surface area contributed by atoms with Crippen LogP contribution in [0.1, 0.15) is 27.8 Å². The largest absolute Gasteiger partial charge is 0.506 e. The van der Waals surface area contributed by atoms with E-state index in [0.29, 0.717) is 45.7 Å². The van der Waals surface area contributed by atoms with Gasteiger partial charge in [0.2, 0.25) is 0 Å². The zero-order chi connectivity index (χ0) is 22.9. The summed E-state index contributed by atoms with van der Waals surface area (Å²) in [5.41, 5.74) is 1.13. The first kappa shape index (κ1) is 26.7. The molecule has 163 valence electrons. The third-order valence-corrected chi connectivity index (χ3v) is 9.92. The van der Waals surface area contributed by atoms with Gasteiger partial charge in [0.25, 0.3) is 10.1 Å². The normalized spacial score (nSPS) is 15.8. The van der Waals surface area contributed by atoms with Crippen LogP contribution in [0.4, 0.5) is 0 Å². The molecule has 1 aliphatic heterocycles. The Kier molecular flexibility index (Phi) is 7.74. The average Bonchev–Trinajstić information content (AvgIpc) is 2.98. The van der Waals surface area contributed by atoms with Crippen molar-refractivity contribution in [3.8, 4) is 11.5 Å². The molecule has 3 aromatic carbocycles. The molecule has 0 spiro atoms. The summed E-state index contributed by atoms with van der Waals surface area (Å²) in [5.74, 6) is -0.00865. The standard InChI is InChI=1S/C21H14Br4O5S.Na/c1-9-12(7-14(22)19(26)17(9)24)21(13-8-15(23)20(27)18(25)10(13)2)11-5-3-4-6-16(11)31(28,29)30-21;/h3-8,26-27H,1-2H3;. The Hall–Kier alpha value is 0.0900. The Morgan fingerprint density at radius 2 is 1.25 bits per heavy atom. The van der Waals surface area contributed by atoms with Crippen LogP contribution < -0.4 is 0 Å². The molecule has 0 aliphatic carbocycles. The maximum absolute atomic E-state index is 13.1. The van der Waals surface area contributed by atoms with Crippen molar-refractivity contribution >= 4 is 103 Å². The minimum Gasteiger partial charge on any atom is -0.506 e. The van der Waals surface area contributed by atoms with E-state index in [2.05, 4.69) is 63.7 Å². The molecule has 32 heavy (non-hydrogen) atoms. The molecule has 0 unspecified atom stereocenters. The number of phenolic OH excluding ortho intramolecular Hbond substituents is 2. The second kappa shape index (κ2) is 9.28. The molecule has 4 rings (SSSR count). The summed E-state index contributed by atoms with van der Waals surface area (Å²) in [6.45, 7) is 3.54. The fourth-order valence-corrected chi connectivity index (χ4v) is 7.55. The first-order valence-corrected chi connectivity index (χ1v) is 13.4. The molecule has 1 aliphatic rings. The number of benzene rings is 3. The van der Waals surface area contributed by atoms with Gasteiger partial charge in [-0.15, -0.1) is 0 Å².